The molecule has 2 aliphatic heterocycles. The number of aromatic nitrogens is 2. The predicted octanol–water partition coefficient (Wildman–Crippen LogP) is 0.496. The number of hydrogen-bond donors (Lipinski definition) is 3. The smallest absolute Gasteiger partial charge is 0.414 e. The van der Waals surface area contributed by atoms with Crippen molar-refractivity contribution in [2.24, 2.45) is 5.16 Å². The predicted molar refractivity (Wildman–Crippen MR) is 139 cm³/mol. The molecule has 0 aromatic carbocycles. The van der Waals surface area contributed by atoms with Gasteiger partial charge in [0.05, 0.1) is 0 Å². The average Bonchev–Trinajstić information content (AvgIpc) is 3.29. The first-order valence-corrected chi connectivity index (χ1v) is 13.3. The molecule has 0 aliphatic carbocycles. The van der Waals surface area contributed by atoms with Gasteiger partial charge in [0, 0.05) is 22.9 Å². The summed E-state index contributed by atoms with van der Waals surface area (Å²) >= 11 is 1.90. The monoisotopic (exact) mass is 598 g/mol. The lowest BCUT2D eigenvalue weighted by molar-refractivity contribution is -0.150. The van der Waals surface area contributed by atoms with Crippen LogP contribution in [0.2, 0.25) is 0 Å². The summed E-state index contributed by atoms with van der Waals surface area (Å²) in [4.78, 5) is 82.4. The number of carboxylic acid groups (broad SMARTS) is 1. The maximum Gasteiger partial charge on any atom is 0.414 e. The fourth-order valence-electron chi connectivity index (χ4n) is 3.46. The van der Waals surface area contributed by atoms with Crippen LogP contribution in [-0.4, -0.2) is 97.2 Å². The summed E-state index contributed by atoms with van der Waals surface area (Å²) in [5.74, 6) is -4.36. The molecule has 18 heteroatoms. The van der Waals surface area contributed by atoms with E-state index in [9.17, 15) is 33.9 Å². The molecule has 0 spiro atoms. The van der Waals surface area contributed by atoms with Crippen LogP contribution in [0.5, 0.6) is 0 Å². The van der Waals surface area contributed by atoms with E-state index in [-0.39, 0.29) is 28.0 Å². The number of ketones is 1. The summed E-state index contributed by atoms with van der Waals surface area (Å²) in [6.45, 7) is 5.85. The van der Waals surface area contributed by atoms with Crippen LogP contribution in [-0.2, 0) is 38.3 Å². The van der Waals surface area contributed by atoms with E-state index in [1.165, 1.54) is 14.0 Å². The van der Waals surface area contributed by atoms with Gasteiger partial charge >= 0.3 is 18.0 Å². The molecule has 0 unspecified atom stereocenters. The summed E-state index contributed by atoms with van der Waals surface area (Å²) in [6, 6.07) is -1.12. The van der Waals surface area contributed by atoms with Crippen LogP contribution in [0.1, 0.15) is 39.9 Å². The molecule has 216 valence electrons. The number of hydrogen-bond acceptors (Lipinski definition) is 14. The van der Waals surface area contributed by atoms with Crippen molar-refractivity contribution in [3.05, 3.63) is 17.1 Å². The second-order valence-corrected chi connectivity index (χ2v) is 11.2. The highest BCUT2D eigenvalue weighted by molar-refractivity contribution is 8.00. The zero-order chi connectivity index (χ0) is 29.8. The standard InChI is InChI=1S/C22H26N6O10S2/c1-9(29)6-11(30)37-7-10-8-39-18-13(17(32)28(18)14(10)19(33)34)23-16(31)12(26-36-5)15-24-20(40-27-15)25-21(35)38-22(2,3)4/h13,18H,6-8H2,1-5H3,(H,23,31)(H,33,34)(H,24,25,27,35)/b26-12+/t13-,18-/m1/s1. The van der Waals surface area contributed by atoms with Gasteiger partial charge in [0.25, 0.3) is 11.8 Å². The Morgan fingerprint density at radius 1 is 1.23 bits per heavy atom. The fraction of sp³-hybridized carbons (Fsp3) is 0.500. The highest BCUT2D eigenvalue weighted by Gasteiger charge is 2.54. The van der Waals surface area contributed by atoms with Crippen LogP contribution in [0.3, 0.4) is 0 Å². The van der Waals surface area contributed by atoms with E-state index < -0.39 is 71.4 Å². The van der Waals surface area contributed by atoms with Crippen LogP contribution in [0.4, 0.5) is 9.93 Å². The van der Waals surface area contributed by atoms with E-state index in [1.54, 1.807) is 20.8 Å². The highest BCUT2D eigenvalue weighted by atomic mass is 32.2. The Hall–Kier alpha value is -4.06. The lowest BCUT2D eigenvalue weighted by atomic mass is 10.0. The summed E-state index contributed by atoms with van der Waals surface area (Å²) in [5.41, 5.74) is -1.34. The molecule has 1 aromatic heterocycles. The number of anilines is 1. The molecule has 3 heterocycles. The number of carbonyl (C=O) groups excluding carboxylic acids is 5. The molecule has 3 amide bonds. The molecule has 3 rings (SSSR count). The van der Waals surface area contributed by atoms with Gasteiger partial charge in [-0.2, -0.15) is 9.36 Å². The molecule has 1 saturated heterocycles. The van der Waals surface area contributed by atoms with E-state index in [0.717, 1.165) is 28.2 Å². The zero-order valence-corrected chi connectivity index (χ0v) is 23.6. The lowest BCUT2D eigenvalue weighted by Gasteiger charge is -2.49. The number of nitrogens with zero attached hydrogens (tertiary/aromatic N) is 4. The molecular weight excluding hydrogens is 572 g/mol. The minimum absolute atomic E-state index is 0.0161. The molecule has 0 radical (unpaired) electrons. The maximum absolute atomic E-state index is 13.0. The minimum atomic E-state index is -1.42. The first kappa shape index (κ1) is 30.5. The summed E-state index contributed by atoms with van der Waals surface area (Å²) < 4.78 is 14.1. The number of thioether (sulfide) groups is 1. The van der Waals surface area contributed by atoms with Crippen LogP contribution in [0, 0.1) is 0 Å². The van der Waals surface area contributed by atoms with Gasteiger partial charge in [-0.3, -0.25) is 29.4 Å². The van der Waals surface area contributed by atoms with Crippen molar-refractivity contribution in [1.82, 2.24) is 19.6 Å². The molecule has 2 aliphatic rings. The van der Waals surface area contributed by atoms with Crippen molar-refractivity contribution < 1.29 is 48.2 Å². The van der Waals surface area contributed by atoms with Crippen molar-refractivity contribution in [3.8, 4) is 0 Å². The molecule has 1 aromatic rings. The van der Waals surface area contributed by atoms with Gasteiger partial charge in [-0.05, 0) is 27.7 Å². The Bertz CT molecular complexity index is 1300. The van der Waals surface area contributed by atoms with Gasteiger partial charge in [0.15, 0.2) is 0 Å². The Balaban J connectivity index is 1.70. The van der Waals surface area contributed by atoms with Crippen molar-refractivity contribution in [2.75, 3.05) is 24.8 Å². The molecule has 1 fully saturated rings. The zero-order valence-electron chi connectivity index (χ0n) is 22.0. The quantitative estimate of drug-likeness (QED) is 0.110. The summed E-state index contributed by atoms with van der Waals surface area (Å²) in [6.07, 6.45) is -1.24. The van der Waals surface area contributed by atoms with Crippen molar-refractivity contribution >= 4 is 69.8 Å². The maximum atomic E-state index is 13.0. The number of carboxylic acids is 1. The number of aliphatic carboxylic acids is 1. The highest BCUT2D eigenvalue weighted by Crippen LogP contribution is 2.40. The first-order chi connectivity index (χ1) is 18.7. The minimum Gasteiger partial charge on any atom is -0.477 e. The Kier molecular flexibility index (Phi) is 9.46. The second-order valence-electron chi connectivity index (χ2n) is 9.33. The Morgan fingerprint density at radius 3 is 2.52 bits per heavy atom. The summed E-state index contributed by atoms with van der Waals surface area (Å²) in [7, 11) is 1.18. The van der Waals surface area contributed by atoms with Crippen LogP contribution < -0.4 is 10.6 Å². The van der Waals surface area contributed by atoms with Gasteiger partial charge in [0.2, 0.25) is 16.7 Å². The second kappa shape index (κ2) is 12.4. The fourth-order valence-corrected chi connectivity index (χ4v) is 5.35. The van der Waals surface area contributed by atoms with E-state index in [1.807, 2.05) is 0 Å². The number of Topliss-reactive ketones (excluding diaryl/α,β-unsaturated/α-hetero) is 1. The average molecular weight is 599 g/mol. The number of amides is 3. The van der Waals surface area contributed by atoms with E-state index in [2.05, 4.69) is 25.1 Å². The number of ether oxygens (including phenoxy) is 2. The summed E-state index contributed by atoms with van der Waals surface area (Å²) in [5, 5.41) is 17.5. The molecule has 40 heavy (non-hydrogen) atoms. The molecule has 2 atom stereocenters. The van der Waals surface area contributed by atoms with E-state index in [4.69, 9.17) is 14.3 Å². The van der Waals surface area contributed by atoms with Gasteiger partial charge in [0.1, 0.15) is 48.6 Å². The molecule has 3 N–H and O–H groups in total. The first-order valence-electron chi connectivity index (χ1n) is 11.5. The number of carbonyl (C=O) groups is 6. The molecular formula is C22H26N6O10S2. The molecule has 0 bridgehead atoms. The number of fused-ring (bicyclic) bond motifs is 1. The van der Waals surface area contributed by atoms with Gasteiger partial charge in [-0.15, -0.1) is 11.8 Å². The van der Waals surface area contributed by atoms with Crippen molar-refractivity contribution in [3.63, 3.8) is 0 Å². The lowest BCUT2D eigenvalue weighted by Crippen LogP contribution is -2.71. The number of esters is 1. The molecule has 0 saturated carbocycles. The normalized spacial score (nSPS) is 18.8. The van der Waals surface area contributed by atoms with Gasteiger partial charge in [-0.25, -0.2) is 9.59 Å². The topological polar surface area (TPSA) is 216 Å². The third-order valence-electron chi connectivity index (χ3n) is 4.98. The van der Waals surface area contributed by atoms with Gasteiger partial charge in [-0.1, -0.05) is 5.16 Å². The largest absolute Gasteiger partial charge is 0.477 e. The van der Waals surface area contributed by atoms with Crippen LogP contribution >= 0.6 is 23.3 Å². The Labute approximate surface area is 235 Å². The Morgan fingerprint density at radius 2 is 1.93 bits per heavy atom. The van der Waals surface area contributed by atoms with Crippen molar-refractivity contribution in [1.29, 1.82) is 0 Å². The number of oxime groups is 1. The van der Waals surface area contributed by atoms with E-state index >= 15 is 0 Å². The third kappa shape index (κ3) is 7.32. The number of β-lactam (4-membered cyclic amide) rings is 1. The SMILES string of the molecule is CO/N=C(/C(=O)N[C@@H]1C(=O)N2C(C(=O)O)=C(COC(=O)CC(C)=O)CS[C@H]12)c1nsc(NC(=O)OC(C)(C)C)n1. The van der Waals surface area contributed by atoms with Crippen molar-refractivity contribution in [2.45, 2.75) is 51.1 Å². The van der Waals surface area contributed by atoms with E-state index in [0.29, 0.717) is 0 Å². The van der Waals surface area contributed by atoms with Gasteiger partial charge < -0.3 is 24.7 Å². The third-order valence-corrected chi connectivity index (χ3v) is 6.95. The number of rotatable bonds is 10. The van der Waals surface area contributed by atoms with Crippen LogP contribution in [0.25, 0.3) is 0 Å². The molecule has 16 nitrogen and oxygen atoms in total. The van der Waals surface area contributed by atoms with Crippen LogP contribution in [0.15, 0.2) is 16.4 Å². The number of nitrogens with one attached hydrogen (secondary N) is 2.